The summed E-state index contributed by atoms with van der Waals surface area (Å²) < 4.78 is 17.3. The fourth-order valence-electron chi connectivity index (χ4n) is 6.40. The van der Waals surface area contributed by atoms with Gasteiger partial charge < -0.3 is 34.6 Å². The standard InChI is InChI=1S/C28H36N2O8/c1-36-22-12-16(14-32)11-19-23-20(27(34)29-8-9-31)13-21(24(33)26(23)38-25(19)22)30(18-5-3-2-4-6-18)28(35)17-7-10-37-15-17/h11-14,17-18,21,23-24,26,31,33H,2-10,15H2,1H3,(H,29,34)/t17?,21-,23+,24+,26+/m1/s1. The highest BCUT2D eigenvalue weighted by Crippen LogP contribution is 2.51. The van der Waals surface area contributed by atoms with Gasteiger partial charge in [0, 0.05) is 35.9 Å². The smallest absolute Gasteiger partial charge is 0.247 e. The molecule has 0 bridgehead atoms. The predicted octanol–water partition coefficient (Wildman–Crippen LogP) is 1.33. The maximum absolute atomic E-state index is 13.9. The van der Waals surface area contributed by atoms with E-state index in [4.69, 9.17) is 14.2 Å². The molecule has 2 aliphatic carbocycles. The summed E-state index contributed by atoms with van der Waals surface area (Å²) in [5.74, 6) is -0.756. The van der Waals surface area contributed by atoms with E-state index in [1.165, 1.54) is 7.11 Å². The molecule has 5 rings (SSSR count). The highest BCUT2D eigenvalue weighted by molar-refractivity contribution is 5.96. The highest BCUT2D eigenvalue weighted by Gasteiger charge is 2.52. The van der Waals surface area contributed by atoms with Crippen molar-refractivity contribution in [3.8, 4) is 11.5 Å². The molecule has 1 saturated carbocycles. The van der Waals surface area contributed by atoms with E-state index in [0.29, 0.717) is 54.1 Å². The van der Waals surface area contributed by atoms with Crippen LogP contribution in [-0.4, -0.2) is 91.0 Å². The maximum atomic E-state index is 13.9. The van der Waals surface area contributed by atoms with Crippen molar-refractivity contribution in [2.45, 2.75) is 68.7 Å². The Kier molecular flexibility index (Phi) is 8.01. The number of benzene rings is 1. The Morgan fingerprint density at radius 1 is 1.21 bits per heavy atom. The third kappa shape index (κ3) is 4.81. The van der Waals surface area contributed by atoms with Crippen molar-refractivity contribution in [2.24, 2.45) is 5.92 Å². The van der Waals surface area contributed by atoms with Crippen molar-refractivity contribution in [3.05, 3.63) is 34.9 Å². The molecule has 206 valence electrons. The number of aliphatic hydroxyl groups is 2. The number of rotatable bonds is 8. The lowest BCUT2D eigenvalue weighted by atomic mass is 9.76. The number of carbonyl (C=O) groups excluding carboxylic acids is 3. The molecule has 3 N–H and O–H groups in total. The number of fused-ring (bicyclic) bond motifs is 3. The van der Waals surface area contributed by atoms with Crippen molar-refractivity contribution in [3.63, 3.8) is 0 Å². The molecule has 2 fully saturated rings. The Morgan fingerprint density at radius 3 is 2.66 bits per heavy atom. The average molecular weight is 529 g/mol. The van der Waals surface area contributed by atoms with Gasteiger partial charge in [0.25, 0.3) is 0 Å². The normalized spacial score (nSPS) is 28.5. The van der Waals surface area contributed by atoms with Crippen molar-refractivity contribution in [1.29, 1.82) is 0 Å². The molecule has 5 atom stereocenters. The molecule has 0 aromatic heterocycles. The molecule has 1 unspecified atom stereocenters. The van der Waals surface area contributed by atoms with Crippen LogP contribution in [0.15, 0.2) is 23.8 Å². The summed E-state index contributed by atoms with van der Waals surface area (Å²) in [5.41, 5.74) is 1.26. The van der Waals surface area contributed by atoms with Gasteiger partial charge in [0.1, 0.15) is 18.5 Å². The topological polar surface area (TPSA) is 135 Å². The first-order chi connectivity index (χ1) is 18.5. The van der Waals surface area contributed by atoms with Gasteiger partial charge in [-0.3, -0.25) is 14.4 Å². The minimum atomic E-state index is -1.13. The molecular formula is C28H36N2O8. The van der Waals surface area contributed by atoms with Gasteiger partial charge in [-0.05, 0) is 37.5 Å². The second-order valence-corrected chi connectivity index (χ2v) is 10.5. The van der Waals surface area contributed by atoms with Gasteiger partial charge in [-0.15, -0.1) is 0 Å². The van der Waals surface area contributed by atoms with E-state index in [9.17, 15) is 24.6 Å². The first-order valence-electron chi connectivity index (χ1n) is 13.5. The SMILES string of the molecule is COc1cc(C=O)cc2c1O[C@@H]1[C@@H](O)[C@H](N(C(=O)C3CCOC3)C3CCCCC3)C=C(C(=O)NCCO)[C@H]21. The van der Waals surface area contributed by atoms with Crippen molar-refractivity contribution in [1.82, 2.24) is 10.2 Å². The largest absolute Gasteiger partial charge is 0.493 e. The van der Waals surface area contributed by atoms with Crippen LogP contribution in [0.25, 0.3) is 0 Å². The van der Waals surface area contributed by atoms with Crippen molar-refractivity contribution >= 4 is 18.1 Å². The number of aldehydes is 1. The summed E-state index contributed by atoms with van der Waals surface area (Å²) in [7, 11) is 1.46. The molecular weight excluding hydrogens is 492 g/mol. The van der Waals surface area contributed by atoms with Crippen LogP contribution >= 0.6 is 0 Å². The Balaban J connectivity index is 1.59. The molecule has 2 aliphatic heterocycles. The van der Waals surface area contributed by atoms with Crippen molar-refractivity contribution < 1.29 is 38.8 Å². The highest BCUT2D eigenvalue weighted by atomic mass is 16.5. The predicted molar refractivity (Wildman–Crippen MR) is 136 cm³/mol. The molecule has 10 heteroatoms. The van der Waals surface area contributed by atoms with Crippen LogP contribution in [0.1, 0.15) is 60.4 Å². The second-order valence-electron chi connectivity index (χ2n) is 10.5. The minimum absolute atomic E-state index is 0.0525. The minimum Gasteiger partial charge on any atom is -0.493 e. The second kappa shape index (κ2) is 11.4. The van der Waals surface area contributed by atoms with Gasteiger partial charge in [-0.1, -0.05) is 19.3 Å². The first kappa shape index (κ1) is 26.6. The van der Waals surface area contributed by atoms with E-state index >= 15 is 0 Å². The van der Waals surface area contributed by atoms with Gasteiger partial charge in [0.15, 0.2) is 11.5 Å². The first-order valence-corrected chi connectivity index (χ1v) is 13.5. The third-order valence-electron chi connectivity index (χ3n) is 8.23. The van der Waals surface area contributed by atoms with E-state index in [2.05, 4.69) is 5.32 Å². The maximum Gasteiger partial charge on any atom is 0.247 e. The van der Waals surface area contributed by atoms with Gasteiger partial charge >= 0.3 is 0 Å². The molecule has 2 amide bonds. The van der Waals surface area contributed by atoms with Crippen molar-refractivity contribution in [2.75, 3.05) is 33.5 Å². The number of hydrogen-bond acceptors (Lipinski definition) is 8. The van der Waals surface area contributed by atoms with Gasteiger partial charge in [-0.25, -0.2) is 0 Å². The quantitative estimate of drug-likeness (QED) is 0.430. The van der Waals surface area contributed by atoms with Crippen LogP contribution in [0, 0.1) is 5.92 Å². The summed E-state index contributed by atoms with van der Waals surface area (Å²) in [6.45, 7) is 0.688. The number of methoxy groups -OCH3 is 1. The van der Waals surface area contributed by atoms with Crippen LogP contribution in [0.5, 0.6) is 11.5 Å². The molecule has 10 nitrogen and oxygen atoms in total. The fourth-order valence-corrected chi connectivity index (χ4v) is 6.40. The molecule has 38 heavy (non-hydrogen) atoms. The van der Waals surface area contributed by atoms with Crippen LogP contribution in [-0.2, 0) is 14.3 Å². The lowest BCUT2D eigenvalue weighted by Gasteiger charge is -2.45. The number of amides is 2. The number of nitrogens with one attached hydrogen (secondary N) is 1. The summed E-state index contributed by atoms with van der Waals surface area (Å²) in [5, 5.41) is 23.8. The monoisotopic (exact) mass is 528 g/mol. The molecule has 4 aliphatic rings. The number of aliphatic hydroxyl groups excluding tert-OH is 2. The molecule has 1 aromatic rings. The zero-order valence-electron chi connectivity index (χ0n) is 21.6. The van der Waals surface area contributed by atoms with Crippen LogP contribution in [0.2, 0.25) is 0 Å². The molecule has 1 saturated heterocycles. The summed E-state index contributed by atoms with van der Waals surface area (Å²) in [4.78, 5) is 40.8. The van der Waals surface area contributed by atoms with Crippen LogP contribution < -0.4 is 14.8 Å². The lowest BCUT2D eigenvalue weighted by Crippen LogP contribution is -2.59. The summed E-state index contributed by atoms with van der Waals surface area (Å²) in [6.07, 6.45) is 5.76. The van der Waals surface area contributed by atoms with Gasteiger partial charge in [-0.2, -0.15) is 0 Å². The van der Waals surface area contributed by atoms with E-state index in [-0.39, 0.29) is 31.0 Å². The summed E-state index contributed by atoms with van der Waals surface area (Å²) in [6, 6.07) is 2.36. The summed E-state index contributed by atoms with van der Waals surface area (Å²) >= 11 is 0. The number of carbonyl (C=O) groups is 3. The van der Waals surface area contributed by atoms with Gasteiger partial charge in [0.05, 0.1) is 38.2 Å². The number of ether oxygens (including phenoxy) is 3. The Bertz CT molecular complexity index is 1090. The van der Waals surface area contributed by atoms with E-state index in [0.717, 1.165) is 32.1 Å². The Hall–Kier alpha value is -2.95. The molecule has 2 heterocycles. The Labute approximate surface area is 221 Å². The average Bonchev–Trinajstić information content (AvgIpc) is 3.62. The zero-order chi connectivity index (χ0) is 26.8. The van der Waals surface area contributed by atoms with Crippen LogP contribution in [0.3, 0.4) is 0 Å². The fraction of sp³-hybridized carbons (Fsp3) is 0.607. The van der Waals surface area contributed by atoms with Gasteiger partial charge in [0.2, 0.25) is 11.8 Å². The lowest BCUT2D eigenvalue weighted by molar-refractivity contribution is -0.145. The van der Waals surface area contributed by atoms with Crippen LogP contribution in [0.4, 0.5) is 0 Å². The molecule has 0 radical (unpaired) electrons. The third-order valence-corrected chi connectivity index (χ3v) is 8.23. The molecule has 0 spiro atoms. The van der Waals surface area contributed by atoms with E-state index in [1.807, 2.05) is 0 Å². The zero-order valence-corrected chi connectivity index (χ0v) is 21.6. The Morgan fingerprint density at radius 2 is 2.00 bits per heavy atom. The van der Waals surface area contributed by atoms with E-state index < -0.39 is 30.1 Å². The number of nitrogens with zero attached hydrogens (tertiary/aromatic N) is 1. The molecule has 1 aromatic carbocycles. The number of hydrogen-bond donors (Lipinski definition) is 3. The van der Waals surface area contributed by atoms with E-state index in [1.54, 1.807) is 23.1 Å².